The SMILES string of the molecule is COc1cc(Br)ccc1OCCC(C)(C)O. The highest BCUT2D eigenvalue weighted by molar-refractivity contribution is 9.10. The van der Waals surface area contributed by atoms with Gasteiger partial charge < -0.3 is 14.6 Å². The van der Waals surface area contributed by atoms with Gasteiger partial charge in [-0.25, -0.2) is 0 Å². The van der Waals surface area contributed by atoms with Crippen molar-refractivity contribution in [2.45, 2.75) is 25.9 Å². The minimum absolute atomic E-state index is 0.460. The van der Waals surface area contributed by atoms with E-state index in [-0.39, 0.29) is 0 Å². The molecule has 1 aromatic carbocycles. The van der Waals surface area contributed by atoms with E-state index in [4.69, 9.17) is 9.47 Å². The number of benzene rings is 1. The smallest absolute Gasteiger partial charge is 0.161 e. The van der Waals surface area contributed by atoms with Crippen LogP contribution in [0.2, 0.25) is 0 Å². The summed E-state index contributed by atoms with van der Waals surface area (Å²) >= 11 is 3.36. The van der Waals surface area contributed by atoms with E-state index in [1.807, 2.05) is 18.2 Å². The van der Waals surface area contributed by atoms with Crippen molar-refractivity contribution in [3.05, 3.63) is 22.7 Å². The van der Waals surface area contributed by atoms with Crippen LogP contribution in [0.1, 0.15) is 20.3 Å². The molecule has 1 rings (SSSR count). The van der Waals surface area contributed by atoms with E-state index in [9.17, 15) is 5.11 Å². The fourth-order valence-corrected chi connectivity index (χ4v) is 1.51. The lowest BCUT2D eigenvalue weighted by Gasteiger charge is -2.18. The number of rotatable bonds is 5. The Bertz CT molecular complexity index is 345. The number of methoxy groups -OCH3 is 1. The van der Waals surface area contributed by atoms with Crippen molar-refractivity contribution in [2.24, 2.45) is 0 Å². The van der Waals surface area contributed by atoms with Gasteiger partial charge in [-0.2, -0.15) is 0 Å². The molecule has 0 bridgehead atoms. The van der Waals surface area contributed by atoms with Crippen LogP contribution >= 0.6 is 15.9 Å². The van der Waals surface area contributed by atoms with Crippen LogP contribution in [0.5, 0.6) is 11.5 Å². The topological polar surface area (TPSA) is 38.7 Å². The van der Waals surface area contributed by atoms with Crippen LogP contribution in [0.15, 0.2) is 22.7 Å². The van der Waals surface area contributed by atoms with Crippen LogP contribution in [-0.4, -0.2) is 24.4 Å². The maximum Gasteiger partial charge on any atom is 0.161 e. The highest BCUT2D eigenvalue weighted by atomic mass is 79.9. The number of hydrogen-bond acceptors (Lipinski definition) is 3. The summed E-state index contributed by atoms with van der Waals surface area (Å²) in [4.78, 5) is 0. The fraction of sp³-hybridized carbons (Fsp3) is 0.500. The molecule has 1 aromatic rings. The third-order valence-corrected chi connectivity index (χ3v) is 2.59. The molecular formula is C12H17BrO3. The summed E-state index contributed by atoms with van der Waals surface area (Å²) in [6, 6.07) is 5.58. The van der Waals surface area contributed by atoms with Crippen molar-refractivity contribution in [2.75, 3.05) is 13.7 Å². The quantitative estimate of drug-likeness (QED) is 0.905. The molecule has 0 aliphatic heterocycles. The summed E-state index contributed by atoms with van der Waals surface area (Å²) in [5.74, 6) is 1.38. The maximum absolute atomic E-state index is 9.55. The molecule has 1 N–H and O–H groups in total. The van der Waals surface area contributed by atoms with Gasteiger partial charge in [0.1, 0.15) is 0 Å². The second kappa shape index (κ2) is 5.55. The van der Waals surface area contributed by atoms with Gasteiger partial charge in [0.05, 0.1) is 19.3 Å². The second-order valence-corrected chi connectivity index (χ2v) is 5.12. The highest BCUT2D eigenvalue weighted by Crippen LogP contribution is 2.30. The van der Waals surface area contributed by atoms with E-state index in [0.29, 0.717) is 24.5 Å². The van der Waals surface area contributed by atoms with Crippen LogP contribution in [0, 0.1) is 0 Å². The zero-order valence-corrected chi connectivity index (χ0v) is 11.4. The van der Waals surface area contributed by atoms with Crippen molar-refractivity contribution < 1.29 is 14.6 Å². The molecule has 0 radical (unpaired) electrons. The Labute approximate surface area is 105 Å². The van der Waals surface area contributed by atoms with E-state index < -0.39 is 5.60 Å². The standard InChI is InChI=1S/C12H17BrO3/c1-12(2,14)6-7-16-10-5-4-9(13)8-11(10)15-3/h4-5,8,14H,6-7H2,1-3H3. The average Bonchev–Trinajstić information content (AvgIpc) is 2.18. The minimum Gasteiger partial charge on any atom is -0.493 e. The molecule has 0 amide bonds. The molecule has 0 aliphatic carbocycles. The Kier molecular flexibility index (Phi) is 4.62. The first-order chi connectivity index (χ1) is 7.42. The van der Waals surface area contributed by atoms with Crippen LogP contribution < -0.4 is 9.47 Å². The van der Waals surface area contributed by atoms with Crippen LogP contribution in [0.3, 0.4) is 0 Å². The van der Waals surface area contributed by atoms with Gasteiger partial charge in [-0.15, -0.1) is 0 Å². The van der Waals surface area contributed by atoms with E-state index in [1.165, 1.54) is 0 Å². The number of halogens is 1. The lowest BCUT2D eigenvalue weighted by molar-refractivity contribution is 0.0549. The number of aliphatic hydroxyl groups is 1. The Morgan fingerprint density at radius 1 is 1.31 bits per heavy atom. The van der Waals surface area contributed by atoms with E-state index in [0.717, 1.165) is 4.47 Å². The first kappa shape index (κ1) is 13.3. The summed E-state index contributed by atoms with van der Waals surface area (Å²) in [6.45, 7) is 3.98. The van der Waals surface area contributed by atoms with E-state index in [1.54, 1.807) is 21.0 Å². The van der Waals surface area contributed by atoms with E-state index in [2.05, 4.69) is 15.9 Å². The van der Waals surface area contributed by atoms with Crippen molar-refractivity contribution in [1.82, 2.24) is 0 Å². The zero-order chi connectivity index (χ0) is 12.2. The molecule has 0 fully saturated rings. The number of hydrogen-bond donors (Lipinski definition) is 1. The number of ether oxygens (including phenoxy) is 2. The molecule has 0 atom stereocenters. The first-order valence-corrected chi connectivity index (χ1v) is 5.90. The molecule has 3 nitrogen and oxygen atoms in total. The zero-order valence-electron chi connectivity index (χ0n) is 9.79. The molecule has 0 aliphatic rings. The first-order valence-electron chi connectivity index (χ1n) is 5.11. The van der Waals surface area contributed by atoms with Crippen LogP contribution in [0.25, 0.3) is 0 Å². The summed E-state index contributed by atoms with van der Waals surface area (Å²) in [5.41, 5.74) is -0.706. The van der Waals surface area contributed by atoms with Gasteiger partial charge in [0, 0.05) is 10.9 Å². The molecule has 0 saturated heterocycles. The second-order valence-electron chi connectivity index (χ2n) is 4.21. The van der Waals surface area contributed by atoms with Crippen LogP contribution in [-0.2, 0) is 0 Å². The van der Waals surface area contributed by atoms with E-state index >= 15 is 0 Å². The summed E-state index contributed by atoms with van der Waals surface area (Å²) < 4.78 is 11.7. The van der Waals surface area contributed by atoms with Crippen molar-refractivity contribution >= 4 is 15.9 Å². The Morgan fingerprint density at radius 2 is 2.00 bits per heavy atom. The van der Waals surface area contributed by atoms with Gasteiger partial charge >= 0.3 is 0 Å². The maximum atomic E-state index is 9.55. The molecular weight excluding hydrogens is 272 g/mol. The molecule has 0 heterocycles. The molecule has 0 spiro atoms. The molecule has 0 saturated carbocycles. The molecule has 4 heteroatoms. The van der Waals surface area contributed by atoms with Crippen LogP contribution in [0.4, 0.5) is 0 Å². The summed E-state index contributed by atoms with van der Waals surface area (Å²) in [7, 11) is 1.60. The molecule has 16 heavy (non-hydrogen) atoms. The van der Waals surface area contributed by atoms with Gasteiger partial charge in [-0.1, -0.05) is 15.9 Å². The lowest BCUT2D eigenvalue weighted by Crippen LogP contribution is -2.21. The average molecular weight is 289 g/mol. The molecule has 0 unspecified atom stereocenters. The lowest BCUT2D eigenvalue weighted by atomic mass is 10.1. The fourth-order valence-electron chi connectivity index (χ4n) is 1.17. The largest absolute Gasteiger partial charge is 0.493 e. The summed E-state index contributed by atoms with van der Waals surface area (Å²) in [5, 5.41) is 9.55. The molecule has 90 valence electrons. The normalized spacial score (nSPS) is 11.3. The van der Waals surface area contributed by atoms with Crippen molar-refractivity contribution in [3.63, 3.8) is 0 Å². The Morgan fingerprint density at radius 3 is 2.56 bits per heavy atom. The third-order valence-electron chi connectivity index (χ3n) is 2.10. The Balaban J connectivity index is 2.60. The highest BCUT2D eigenvalue weighted by Gasteiger charge is 2.13. The monoisotopic (exact) mass is 288 g/mol. The van der Waals surface area contributed by atoms with Crippen molar-refractivity contribution in [1.29, 1.82) is 0 Å². The summed E-state index contributed by atoms with van der Waals surface area (Å²) in [6.07, 6.45) is 0.576. The van der Waals surface area contributed by atoms with Crippen molar-refractivity contribution in [3.8, 4) is 11.5 Å². The van der Waals surface area contributed by atoms with Gasteiger partial charge in [-0.3, -0.25) is 0 Å². The van der Waals surface area contributed by atoms with Gasteiger partial charge in [0.15, 0.2) is 11.5 Å². The van der Waals surface area contributed by atoms with Gasteiger partial charge in [-0.05, 0) is 32.0 Å². The molecule has 0 aromatic heterocycles. The predicted octanol–water partition coefficient (Wildman–Crippen LogP) is 3.00. The third kappa shape index (κ3) is 4.41. The predicted molar refractivity (Wildman–Crippen MR) is 67.1 cm³/mol. The Hall–Kier alpha value is -0.740. The minimum atomic E-state index is -0.706. The van der Waals surface area contributed by atoms with Gasteiger partial charge in [0.25, 0.3) is 0 Å². The van der Waals surface area contributed by atoms with Gasteiger partial charge in [0.2, 0.25) is 0 Å².